The minimum atomic E-state index is -3.84. The van der Waals surface area contributed by atoms with Crippen LogP contribution in [0.25, 0.3) is 6.08 Å². The van der Waals surface area contributed by atoms with Gasteiger partial charge in [-0.15, -0.1) is 0 Å². The lowest BCUT2D eigenvalue weighted by molar-refractivity contribution is -0.138. The van der Waals surface area contributed by atoms with Gasteiger partial charge in [0.2, 0.25) is 10.0 Å². The summed E-state index contributed by atoms with van der Waals surface area (Å²) in [4.78, 5) is 10.7. The predicted molar refractivity (Wildman–Crippen MR) is 74.6 cm³/mol. The molecule has 1 atom stereocenters. The Balaban J connectivity index is 2.84. The molecule has 0 aliphatic heterocycles. The molecule has 0 aliphatic carbocycles. The second-order valence-electron chi connectivity index (χ2n) is 4.16. The summed E-state index contributed by atoms with van der Waals surface area (Å²) in [5, 5.41) is 17.3. The van der Waals surface area contributed by atoms with Gasteiger partial charge in [0, 0.05) is 6.61 Å². The van der Waals surface area contributed by atoms with Crippen molar-refractivity contribution >= 4 is 22.1 Å². The summed E-state index contributed by atoms with van der Waals surface area (Å²) < 4.78 is 25.9. The van der Waals surface area contributed by atoms with E-state index < -0.39 is 22.0 Å². The molecule has 1 aromatic rings. The average molecular weight is 299 g/mol. The molecule has 3 N–H and O–H groups in total. The highest BCUT2D eigenvalue weighted by Crippen LogP contribution is 2.12. The molecule has 6 nitrogen and oxygen atoms in total. The molecule has 0 radical (unpaired) electrons. The Labute approximate surface area is 117 Å². The molecule has 0 bridgehead atoms. The molecule has 0 spiro atoms. The maximum absolute atomic E-state index is 11.9. The summed E-state index contributed by atoms with van der Waals surface area (Å²) in [7, 11) is -3.84. The van der Waals surface area contributed by atoms with Gasteiger partial charge in [-0.3, -0.25) is 4.79 Å². The van der Waals surface area contributed by atoms with E-state index in [0.717, 1.165) is 5.56 Å². The summed E-state index contributed by atoms with van der Waals surface area (Å²) in [5.74, 6) is -1.24. The van der Waals surface area contributed by atoms with Gasteiger partial charge in [0.25, 0.3) is 0 Å². The van der Waals surface area contributed by atoms with E-state index in [1.165, 1.54) is 19.1 Å². The zero-order valence-electron chi connectivity index (χ0n) is 11.0. The maximum Gasteiger partial charge on any atom is 0.321 e. The van der Waals surface area contributed by atoms with Gasteiger partial charge in [0.15, 0.2) is 0 Å². The Hall–Kier alpha value is -1.70. The molecule has 0 fully saturated rings. The number of carbonyl (C=O) groups is 1. The third-order valence-electron chi connectivity index (χ3n) is 2.50. The fourth-order valence-corrected chi connectivity index (χ4v) is 2.60. The molecule has 110 valence electrons. The molecule has 0 amide bonds. The van der Waals surface area contributed by atoms with Crippen LogP contribution in [0.3, 0.4) is 0 Å². The molecule has 0 aliphatic rings. The monoisotopic (exact) mass is 299 g/mol. The van der Waals surface area contributed by atoms with Crippen LogP contribution < -0.4 is 4.72 Å². The fraction of sp³-hybridized carbons (Fsp3) is 0.308. The van der Waals surface area contributed by atoms with Crippen molar-refractivity contribution in [2.45, 2.75) is 24.3 Å². The maximum atomic E-state index is 11.9. The van der Waals surface area contributed by atoms with Gasteiger partial charge in [-0.05, 0) is 31.0 Å². The molecular formula is C13H17NO5S. The van der Waals surface area contributed by atoms with Crippen LogP contribution in [-0.4, -0.2) is 37.2 Å². The lowest BCUT2D eigenvalue weighted by Crippen LogP contribution is -2.38. The molecule has 0 heterocycles. The van der Waals surface area contributed by atoms with Crippen molar-refractivity contribution in [3.63, 3.8) is 0 Å². The molecular weight excluding hydrogens is 282 g/mol. The van der Waals surface area contributed by atoms with E-state index in [4.69, 9.17) is 10.2 Å². The number of aliphatic hydroxyl groups is 1. The standard InChI is InChI=1S/C13H17NO5S/c1-10(13(16)17)14-20(18,19)12-7-5-11(6-8-12)4-2-3-9-15/h2,4-8,10,14-15H,3,9H2,1H3,(H,16,17)/b4-2+/t10-/m1/s1. The Morgan fingerprint density at radius 2 is 1.95 bits per heavy atom. The number of hydrogen-bond acceptors (Lipinski definition) is 4. The molecule has 7 heteroatoms. The number of carboxylic acid groups (broad SMARTS) is 1. The highest BCUT2D eigenvalue weighted by molar-refractivity contribution is 7.89. The van der Waals surface area contributed by atoms with Crippen LogP contribution in [-0.2, 0) is 14.8 Å². The number of aliphatic carboxylic acids is 1. The van der Waals surface area contributed by atoms with Crippen molar-refractivity contribution in [1.82, 2.24) is 4.72 Å². The fourth-order valence-electron chi connectivity index (χ4n) is 1.40. The first kappa shape index (κ1) is 16.4. The summed E-state index contributed by atoms with van der Waals surface area (Å²) in [6.07, 6.45) is 4.06. The molecule has 20 heavy (non-hydrogen) atoms. The minimum absolute atomic E-state index is 0.00454. The second kappa shape index (κ2) is 7.18. The van der Waals surface area contributed by atoms with E-state index >= 15 is 0 Å². The lowest BCUT2D eigenvalue weighted by atomic mass is 10.2. The number of nitrogens with one attached hydrogen (secondary N) is 1. The van der Waals surface area contributed by atoms with Gasteiger partial charge < -0.3 is 10.2 Å². The average Bonchev–Trinajstić information content (AvgIpc) is 2.39. The lowest BCUT2D eigenvalue weighted by Gasteiger charge is -2.10. The topological polar surface area (TPSA) is 104 Å². The molecule has 1 aromatic carbocycles. The number of hydrogen-bond donors (Lipinski definition) is 3. The Bertz CT molecular complexity index is 577. The highest BCUT2D eigenvalue weighted by Gasteiger charge is 2.21. The summed E-state index contributed by atoms with van der Waals surface area (Å²) in [6.45, 7) is 1.31. The highest BCUT2D eigenvalue weighted by atomic mass is 32.2. The van der Waals surface area contributed by atoms with Crippen molar-refractivity contribution < 1.29 is 23.4 Å². The van der Waals surface area contributed by atoms with Gasteiger partial charge in [-0.2, -0.15) is 4.72 Å². The van der Waals surface area contributed by atoms with Crippen molar-refractivity contribution in [1.29, 1.82) is 0 Å². The van der Waals surface area contributed by atoms with Crippen LogP contribution in [0.5, 0.6) is 0 Å². The van der Waals surface area contributed by atoms with Crippen molar-refractivity contribution in [2.75, 3.05) is 6.61 Å². The number of carboxylic acids is 1. The van der Waals surface area contributed by atoms with Crippen LogP contribution >= 0.6 is 0 Å². The van der Waals surface area contributed by atoms with Crippen molar-refractivity contribution in [2.24, 2.45) is 0 Å². The van der Waals surface area contributed by atoms with E-state index in [0.29, 0.717) is 6.42 Å². The first-order valence-electron chi connectivity index (χ1n) is 5.99. The van der Waals surface area contributed by atoms with E-state index in [1.807, 2.05) is 0 Å². The molecule has 0 saturated carbocycles. The largest absolute Gasteiger partial charge is 0.480 e. The Kier molecular flexibility index (Phi) is 5.87. The number of rotatable bonds is 7. The zero-order chi connectivity index (χ0) is 15.2. The van der Waals surface area contributed by atoms with E-state index in [9.17, 15) is 13.2 Å². The third kappa shape index (κ3) is 4.76. The summed E-state index contributed by atoms with van der Waals surface area (Å²) in [5.41, 5.74) is 0.795. The third-order valence-corrected chi connectivity index (χ3v) is 4.06. The molecule has 0 saturated heterocycles. The van der Waals surface area contributed by atoms with Gasteiger partial charge in [-0.25, -0.2) is 8.42 Å². The van der Waals surface area contributed by atoms with Crippen molar-refractivity contribution in [3.05, 3.63) is 35.9 Å². The van der Waals surface area contributed by atoms with Crippen LogP contribution in [0.2, 0.25) is 0 Å². The van der Waals surface area contributed by atoms with Gasteiger partial charge in [-0.1, -0.05) is 24.3 Å². The predicted octanol–water partition coefficient (Wildman–Crippen LogP) is 0.834. The van der Waals surface area contributed by atoms with Crippen molar-refractivity contribution in [3.8, 4) is 0 Å². The number of benzene rings is 1. The Morgan fingerprint density at radius 3 is 2.45 bits per heavy atom. The number of sulfonamides is 1. The SMILES string of the molecule is C[C@@H](NS(=O)(=O)c1ccc(/C=C/CCO)cc1)C(=O)O. The van der Waals surface area contributed by atoms with Crippen LogP contribution in [0, 0.1) is 0 Å². The smallest absolute Gasteiger partial charge is 0.321 e. The summed E-state index contributed by atoms with van der Waals surface area (Å²) in [6, 6.07) is 4.82. The van der Waals surface area contributed by atoms with Crippen LogP contribution in [0.1, 0.15) is 18.9 Å². The normalized spacial score (nSPS) is 13.5. The quantitative estimate of drug-likeness (QED) is 0.692. The minimum Gasteiger partial charge on any atom is -0.480 e. The van der Waals surface area contributed by atoms with E-state index in [-0.39, 0.29) is 11.5 Å². The first-order chi connectivity index (χ1) is 9.36. The van der Waals surface area contributed by atoms with Gasteiger partial charge in [0.05, 0.1) is 4.90 Å². The zero-order valence-corrected chi connectivity index (χ0v) is 11.8. The molecule has 0 aromatic heterocycles. The van der Waals surface area contributed by atoms with Crippen LogP contribution in [0.4, 0.5) is 0 Å². The van der Waals surface area contributed by atoms with E-state index in [1.54, 1.807) is 24.3 Å². The van der Waals surface area contributed by atoms with Gasteiger partial charge in [0.1, 0.15) is 6.04 Å². The summed E-state index contributed by atoms with van der Waals surface area (Å²) >= 11 is 0. The number of aliphatic hydroxyl groups excluding tert-OH is 1. The molecule has 1 rings (SSSR count). The molecule has 0 unspecified atom stereocenters. The first-order valence-corrected chi connectivity index (χ1v) is 7.48. The Morgan fingerprint density at radius 1 is 1.35 bits per heavy atom. The van der Waals surface area contributed by atoms with Gasteiger partial charge >= 0.3 is 5.97 Å². The van der Waals surface area contributed by atoms with Crippen LogP contribution in [0.15, 0.2) is 35.2 Å². The van der Waals surface area contributed by atoms with E-state index in [2.05, 4.69) is 4.72 Å². The second-order valence-corrected chi connectivity index (χ2v) is 5.88.